The molecule has 0 heterocycles. The zero-order valence-corrected chi connectivity index (χ0v) is 13.1. The smallest absolute Gasteiger partial charge is 0.0436 e. The highest BCUT2D eigenvalue weighted by atomic mass is 16.3. The van der Waals surface area contributed by atoms with Crippen molar-refractivity contribution < 1.29 is 5.11 Å². The Morgan fingerprint density at radius 3 is 2.22 bits per heavy atom. The molecule has 18 heavy (non-hydrogen) atoms. The van der Waals surface area contributed by atoms with Gasteiger partial charge in [-0.05, 0) is 36.0 Å². The van der Waals surface area contributed by atoms with Crippen molar-refractivity contribution in [3.63, 3.8) is 0 Å². The quantitative estimate of drug-likeness (QED) is 0.787. The van der Waals surface area contributed by atoms with E-state index in [-0.39, 0.29) is 5.41 Å². The maximum absolute atomic E-state index is 9.09. The number of nitrogens with one attached hydrogen (secondary N) is 1. The van der Waals surface area contributed by atoms with E-state index in [1.165, 1.54) is 25.7 Å². The van der Waals surface area contributed by atoms with Gasteiger partial charge in [0.1, 0.15) is 0 Å². The van der Waals surface area contributed by atoms with Crippen molar-refractivity contribution in [2.24, 2.45) is 16.7 Å². The molecule has 1 rings (SSSR count). The van der Waals surface area contributed by atoms with Gasteiger partial charge in [-0.15, -0.1) is 0 Å². The second kappa shape index (κ2) is 6.38. The van der Waals surface area contributed by atoms with Gasteiger partial charge in [-0.25, -0.2) is 0 Å². The molecule has 2 atom stereocenters. The largest absolute Gasteiger partial charge is 0.396 e. The number of aliphatic hydroxyl groups excluding tert-OH is 1. The minimum Gasteiger partial charge on any atom is -0.396 e. The van der Waals surface area contributed by atoms with Crippen LogP contribution in [-0.4, -0.2) is 24.3 Å². The molecule has 0 radical (unpaired) electrons. The summed E-state index contributed by atoms with van der Waals surface area (Å²) in [6.45, 7) is 12.9. The van der Waals surface area contributed by atoms with Crippen LogP contribution in [0.4, 0.5) is 0 Å². The Hall–Kier alpha value is -0.0800. The van der Waals surface area contributed by atoms with Gasteiger partial charge in [-0.3, -0.25) is 0 Å². The van der Waals surface area contributed by atoms with Crippen LogP contribution in [0.25, 0.3) is 0 Å². The topological polar surface area (TPSA) is 32.3 Å². The molecule has 1 fully saturated rings. The summed E-state index contributed by atoms with van der Waals surface area (Å²) in [4.78, 5) is 0. The predicted molar refractivity (Wildman–Crippen MR) is 78.7 cm³/mol. The Bertz CT molecular complexity index is 242. The van der Waals surface area contributed by atoms with E-state index in [0.29, 0.717) is 18.1 Å². The second-order valence-electron chi connectivity index (χ2n) is 7.88. The molecular formula is C16H33NO. The Kier molecular flexibility index (Phi) is 5.67. The van der Waals surface area contributed by atoms with Gasteiger partial charge in [0.15, 0.2) is 0 Å². The zero-order chi connectivity index (χ0) is 13.8. The van der Waals surface area contributed by atoms with Crippen LogP contribution in [0.5, 0.6) is 0 Å². The number of hydrogen-bond acceptors (Lipinski definition) is 2. The molecule has 1 saturated carbocycles. The lowest BCUT2D eigenvalue weighted by Crippen LogP contribution is -2.47. The van der Waals surface area contributed by atoms with Crippen LogP contribution < -0.4 is 5.32 Å². The van der Waals surface area contributed by atoms with Gasteiger partial charge < -0.3 is 10.4 Å². The molecule has 0 aromatic heterocycles. The van der Waals surface area contributed by atoms with E-state index in [1.54, 1.807) is 0 Å². The zero-order valence-electron chi connectivity index (χ0n) is 13.1. The fourth-order valence-corrected chi connectivity index (χ4v) is 3.21. The van der Waals surface area contributed by atoms with Gasteiger partial charge in [0, 0.05) is 19.2 Å². The third-order valence-electron chi connectivity index (χ3n) is 4.51. The fraction of sp³-hybridized carbons (Fsp3) is 1.00. The van der Waals surface area contributed by atoms with Crippen LogP contribution in [0, 0.1) is 16.7 Å². The van der Waals surface area contributed by atoms with Crippen molar-refractivity contribution in [2.75, 3.05) is 13.2 Å². The average molecular weight is 255 g/mol. The molecule has 0 saturated heterocycles. The van der Waals surface area contributed by atoms with E-state index in [1.807, 2.05) is 0 Å². The van der Waals surface area contributed by atoms with Crippen LogP contribution in [0.15, 0.2) is 0 Å². The summed E-state index contributed by atoms with van der Waals surface area (Å²) in [7, 11) is 0. The summed E-state index contributed by atoms with van der Waals surface area (Å²) in [5, 5.41) is 12.9. The van der Waals surface area contributed by atoms with Crippen LogP contribution in [0.1, 0.15) is 66.7 Å². The van der Waals surface area contributed by atoms with Crippen molar-refractivity contribution in [1.82, 2.24) is 5.32 Å². The number of aliphatic hydroxyl groups is 1. The van der Waals surface area contributed by atoms with E-state index < -0.39 is 0 Å². The second-order valence-corrected chi connectivity index (χ2v) is 7.88. The molecular weight excluding hydrogens is 222 g/mol. The predicted octanol–water partition coefficient (Wildman–Crippen LogP) is 3.59. The van der Waals surface area contributed by atoms with Crippen molar-refractivity contribution in [3.8, 4) is 0 Å². The average Bonchev–Trinajstić information content (AvgIpc) is 2.26. The fourth-order valence-electron chi connectivity index (χ4n) is 3.21. The van der Waals surface area contributed by atoms with Crippen LogP contribution in [0.2, 0.25) is 0 Å². The van der Waals surface area contributed by atoms with Crippen LogP contribution in [0.3, 0.4) is 0 Å². The minimum atomic E-state index is 0.203. The molecule has 2 N–H and O–H groups in total. The standard InChI is InChI=1S/C16H33NO/c1-15(2,3)13-8-6-7-9-14(13)17-12-16(4,5)10-11-18/h13-14,17-18H,6-12H2,1-5H3. The Morgan fingerprint density at radius 2 is 1.67 bits per heavy atom. The first kappa shape index (κ1) is 16.0. The van der Waals surface area contributed by atoms with Crippen molar-refractivity contribution in [2.45, 2.75) is 72.8 Å². The molecule has 0 amide bonds. The van der Waals surface area contributed by atoms with E-state index in [2.05, 4.69) is 39.9 Å². The van der Waals surface area contributed by atoms with Crippen molar-refractivity contribution in [3.05, 3.63) is 0 Å². The first-order chi connectivity index (χ1) is 8.26. The third-order valence-corrected chi connectivity index (χ3v) is 4.51. The summed E-state index contributed by atoms with van der Waals surface area (Å²) in [6, 6.07) is 0.664. The van der Waals surface area contributed by atoms with Gasteiger partial charge in [0.05, 0.1) is 0 Å². The van der Waals surface area contributed by atoms with E-state index >= 15 is 0 Å². The highest BCUT2D eigenvalue weighted by Crippen LogP contribution is 2.38. The van der Waals surface area contributed by atoms with Crippen LogP contribution >= 0.6 is 0 Å². The molecule has 1 aliphatic carbocycles. The lowest BCUT2D eigenvalue weighted by Gasteiger charge is -2.42. The molecule has 0 aromatic carbocycles. The molecule has 1 aliphatic rings. The highest BCUT2D eigenvalue weighted by Gasteiger charge is 2.34. The van der Waals surface area contributed by atoms with Crippen LogP contribution in [-0.2, 0) is 0 Å². The summed E-state index contributed by atoms with van der Waals surface area (Å²) in [6.07, 6.45) is 6.32. The normalized spacial score (nSPS) is 26.3. The summed E-state index contributed by atoms with van der Waals surface area (Å²) >= 11 is 0. The monoisotopic (exact) mass is 255 g/mol. The first-order valence-corrected chi connectivity index (χ1v) is 7.60. The van der Waals surface area contributed by atoms with Gasteiger partial charge in [-0.1, -0.05) is 47.5 Å². The first-order valence-electron chi connectivity index (χ1n) is 7.60. The lowest BCUT2D eigenvalue weighted by atomic mass is 9.69. The van der Waals surface area contributed by atoms with E-state index in [0.717, 1.165) is 18.9 Å². The van der Waals surface area contributed by atoms with Gasteiger partial charge >= 0.3 is 0 Å². The summed E-state index contributed by atoms with van der Waals surface area (Å²) < 4.78 is 0. The number of hydrogen-bond donors (Lipinski definition) is 2. The molecule has 0 aromatic rings. The van der Waals surface area contributed by atoms with E-state index in [9.17, 15) is 0 Å². The Labute approximate surface area is 114 Å². The molecule has 2 unspecified atom stereocenters. The molecule has 0 bridgehead atoms. The Morgan fingerprint density at radius 1 is 1.06 bits per heavy atom. The van der Waals surface area contributed by atoms with Crippen molar-refractivity contribution >= 4 is 0 Å². The van der Waals surface area contributed by atoms with Gasteiger partial charge in [0.25, 0.3) is 0 Å². The molecule has 108 valence electrons. The molecule has 0 spiro atoms. The highest BCUT2D eigenvalue weighted by molar-refractivity contribution is 4.89. The van der Waals surface area contributed by atoms with Gasteiger partial charge in [0.2, 0.25) is 0 Å². The summed E-state index contributed by atoms with van der Waals surface area (Å²) in [5.74, 6) is 0.788. The lowest BCUT2D eigenvalue weighted by molar-refractivity contribution is 0.117. The van der Waals surface area contributed by atoms with E-state index in [4.69, 9.17) is 5.11 Å². The van der Waals surface area contributed by atoms with Crippen molar-refractivity contribution in [1.29, 1.82) is 0 Å². The molecule has 2 heteroatoms. The summed E-state index contributed by atoms with van der Waals surface area (Å²) in [5.41, 5.74) is 0.605. The maximum Gasteiger partial charge on any atom is 0.0436 e. The SMILES string of the molecule is CC(C)(CCO)CNC1CCCCC1C(C)(C)C. The minimum absolute atomic E-state index is 0.203. The Balaban J connectivity index is 2.53. The molecule has 0 aliphatic heterocycles. The third kappa shape index (κ3) is 4.89. The maximum atomic E-state index is 9.09. The van der Waals surface area contributed by atoms with Gasteiger partial charge in [-0.2, -0.15) is 0 Å². The number of rotatable bonds is 5. The molecule has 2 nitrogen and oxygen atoms in total.